The van der Waals surface area contributed by atoms with Gasteiger partial charge in [-0.3, -0.25) is 4.79 Å². The van der Waals surface area contributed by atoms with Gasteiger partial charge >= 0.3 is 0 Å². The van der Waals surface area contributed by atoms with Crippen molar-refractivity contribution in [1.29, 1.82) is 0 Å². The first-order chi connectivity index (χ1) is 10.7. The van der Waals surface area contributed by atoms with E-state index in [9.17, 15) is 13.6 Å². The number of aldehydes is 1. The second kappa shape index (κ2) is 5.87. The molecule has 0 aromatic heterocycles. The van der Waals surface area contributed by atoms with Crippen molar-refractivity contribution in [3.8, 4) is 16.9 Å². The third-order valence-corrected chi connectivity index (χ3v) is 3.86. The van der Waals surface area contributed by atoms with Crippen LogP contribution in [0.1, 0.15) is 41.6 Å². The Kier molecular flexibility index (Phi) is 3.92. The van der Waals surface area contributed by atoms with E-state index in [1.54, 1.807) is 19.1 Å². The van der Waals surface area contributed by atoms with Gasteiger partial charge in [-0.25, -0.2) is 8.78 Å². The average Bonchev–Trinajstić information content (AvgIpc) is 3.32. The molecule has 2 aromatic rings. The molecule has 0 saturated heterocycles. The lowest BCUT2D eigenvalue weighted by molar-refractivity contribution is 0.112. The number of carbonyl (C=O) groups excluding carboxylic acids is 1. The van der Waals surface area contributed by atoms with E-state index >= 15 is 0 Å². The molecule has 1 fully saturated rings. The minimum Gasteiger partial charge on any atom is -0.493 e. The topological polar surface area (TPSA) is 26.3 Å². The zero-order valence-corrected chi connectivity index (χ0v) is 12.2. The Morgan fingerprint density at radius 1 is 1.23 bits per heavy atom. The normalized spacial score (nSPS) is 14.0. The molecule has 114 valence electrons. The molecule has 0 spiro atoms. The van der Waals surface area contributed by atoms with Crippen LogP contribution in [0.15, 0.2) is 30.3 Å². The van der Waals surface area contributed by atoms with Crippen molar-refractivity contribution < 1.29 is 18.3 Å². The summed E-state index contributed by atoms with van der Waals surface area (Å²) in [5.74, 6) is -0.602. The lowest BCUT2D eigenvalue weighted by Gasteiger charge is -2.15. The standard InChI is InChI=1S/C18H16F2O2/c1-2-22-17-9-14(18-15(19)4-3-5-16(18)20)13(11-6-7-11)8-12(17)10-21/h3-5,8-11H,2,6-7H2,1H3. The van der Waals surface area contributed by atoms with Crippen LogP contribution in [0.5, 0.6) is 5.75 Å². The third kappa shape index (κ3) is 2.61. The SMILES string of the molecule is CCOc1cc(-c2c(F)cccc2F)c(C2CC2)cc1C=O. The molecular formula is C18H16F2O2. The highest BCUT2D eigenvalue weighted by Crippen LogP contribution is 2.47. The summed E-state index contributed by atoms with van der Waals surface area (Å²) in [6.45, 7) is 2.18. The number of carbonyl (C=O) groups is 1. The van der Waals surface area contributed by atoms with E-state index in [1.807, 2.05) is 0 Å². The number of benzene rings is 2. The van der Waals surface area contributed by atoms with Crippen LogP contribution in [0.3, 0.4) is 0 Å². The molecule has 1 aliphatic carbocycles. The van der Waals surface area contributed by atoms with Gasteiger partial charge in [-0.15, -0.1) is 0 Å². The van der Waals surface area contributed by atoms with Crippen molar-refractivity contribution in [2.24, 2.45) is 0 Å². The molecule has 3 rings (SSSR count). The van der Waals surface area contributed by atoms with Crippen molar-refractivity contribution in [1.82, 2.24) is 0 Å². The molecule has 0 unspecified atom stereocenters. The summed E-state index contributed by atoms with van der Waals surface area (Å²) in [6, 6.07) is 7.11. The molecule has 22 heavy (non-hydrogen) atoms. The summed E-state index contributed by atoms with van der Waals surface area (Å²) in [6.07, 6.45) is 2.66. The van der Waals surface area contributed by atoms with Crippen LogP contribution in [0.25, 0.3) is 11.1 Å². The zero-order valence-electron chi connectivity index (χ0n) is 12.2. The maximum absolute atomic E-state index is 14.1. The monoisotopic (exact) mass is 302 g/mol. The number of halogens is 2. The second-order valence-corrected chi connectivity index (χ2v) is 5.40. The number of hydrogen-bond acceptors (Lipinski definition) is 2. The average molecular weight is 302 g/mol. The Bertz CT molecular complexity index is 701. The van der Waals surface area contributed by atoms with Gasteiger partial charge in [-0.1, -0.05) is 6.07 Å². The molecule has 0 amide bonds. The minimum atomic E-state index is -0.608. The van der Waals surface area contributed by atoms with Crippen molar-refractivity contribution in [2.75, 3.05) is 6.61 Å². The molecule has 0 bridgehead atoms. The number of ether oxygens (including phenoxy) is 1. The summed E-state index contributed by atoms with van der Waals surface area (Å²) < 4.78 is 33.7. The quantitative estimate of drug-likeness (QED) is 0.747. The lowest BCUT2D eigenvalue weighted by atomic mass is 9.93. The summed E-state index contributed by atoms with van der Waals surface area (Å²) in [5.41, 5.74) is 1.66. The van der Waals surface area contributed by atoms with Crippen molar-refractivity contribution in [3.05, 3.63) is 53.1 Å². The fourth-order valence-corrected chi connectivity index (χ4v) is 2.69. The van der Waals surface area contributed by atoms with Gasteiger partial charge in [-0.05, 0) is 61.1 Å². The van der Waals surface area contributed by atoms with Gasteiger partial charge in [0.2, 0.25) is 0 Å². The van der Waals surface area contributed by atoms with Crippen molar-refractivity contribution in [3.63, 3.8) is 0 Å². The summed E-state index contributed by atoms with van der Waals surface area (Å²) in [4.78, 5) is 11.3. The Hall–Kier alpha value is -2.23. The zero-order chi connectivity index (χ0) is 15.7. The Morgan fingerprint density at radius 3 is 2.45 bits per heavy atom. The molecular weight excluding hydrogens is 286 g/mol. The molecule has 0 N–H and O–H groups in total. The first-order valence-corrected chi connectivity index (χ1v) is 7.36. The molecule has 1 saturated carbocycles. The Labute approximate surface area is 127 Å². The molecule has 1 aliphatic rings. The first kappa shape index (κ1) is 14.7. The molecule has 0 heterocycles. The lowest BCUT2D eigenvalue weighted by Crippen LogP contribution is -2.01. The van der Waals surface area contributed by atoms with Crippen molar-refractivity contribution in [2.45, 2.75) is 25.7 Å². The minimum absolute atomic E-state index is 0.0530. The van der Waals surface area contributed by atoms with Crippen LogP contribution in [0.2, 0.25) is 0 Å². The number of hydrogen-bond donors (Lipinski definition) is 0. The van der Waals surface area contributed by atoms with Gasteiger partial charge < -0.3 is 4.74 Å². The summed E-state index contributed by atoms with van der Waals surface area (Å²) >= 11 is 0. The molecule has 4 heteroatoms. The van der Waals surface area contributed by atoms with E-state index in [1.165, 1.54) is 18.2 Å². The highest BCUT2D eigenvalue weighted by atomic mass is 19.1. The van der Waals surface area contributed by atoms with E-state index in [4.69, 9.17) is 4.74 Å². The van der Waals surface area contributed by atoms with Crippen LogP contribution >= 0.6 is 0 Å². The van der Waals surface area contributed by atoms with Crippen LogP contribution in [0, 0.1) is 11.6 Å². The van der Waals surface area contributed by atoms with Gasteiger partial charge in [0.05, 0.1) is 17.7 Å². The smallest absolute Gasteiger partial charge is 0.153 e. The van der Waals surface area contributed by atoms with Gasteiger partial charge in [0.15, 0.2) is 6.29 Å². The van der Waals surface area contributed by atoms with Crippen LogP contribution in [0.4, 0.5) is 8.78 Å². The molecule has 0 atom stereocenters. The van der Waals surface area contributed by atoms with E-state index in [0.29, 0.717) is 23.5 Å². The van der Waals surface area contributed by atoms with Crippen LogP contribution in [-0.2, 0) is 0 Å². The van der Waals surface area contributed by atoms with Crippen molar-refractivity contribution >= 4 is 6.29 Å². The van der Waals surface area contributed by atoms with Gasteiger partial charge in [0.1, 0.15) is 17.4 Å². The van der Waals surface area contributed by atoms with Crippen LogP contribution < -0.4 is 4.74 Å². The van der Waals surface area contributed by atoms with E-state index in [0.717, 1.165) is 24.7 Å². The molecule has 0 aliphatic heterocycles. The highest BCUT2D eigenvalue weighted by Gasteiger charge is 2.29. The van der Waals surface area contributed by atoms with Crippen LogP contribution in [-0.4, -0.2) is 12.9 Å². The molecule has 0 radical (unpaired) electrons. The Balaban J connectivity index is 2.24. The fraction of sp³-hybridized carbons (Fsp3) is 0.278. The van der Waals surface area contributed by atoms with E-state index in [-0.39, 0.29) is 11.5 Å². The van der Waals surface area contributed by atoms with Gasteiger partial charge in [0.25, 0.3) is 0 Å². The van der Waals surface area contributed by atoms with Gasteiger partial charge in [-0.2, -0.15) is 0 Å². The number of rotatable bonds is 5. The fourth-order valence-electron chi connectivity index (χ4n) is 2.69. The second-order valence-electron chi connectivity index (χ2n) is 5.40. The van der Waals surface area contributed by atoms with E-state index < -0.39 is 11.6 Å². The predicted molar refractivity (Wildman–Crippen MR) is 80.3 cm³/mol. The maximum Gasteiger partial charge on any atom is 0.153 e. The summed E-state index contributed by atoms with van der Waals surface area (Å²) in [5, 5.41) is 0. The first-order valence-electron chi connectivity index (χ1n) is 7.36. The molecule has 2 nitrogen and oxygen atoms in total. The van der Waals surface area contributed by atoms with E-state index in [2.05, 4.69) is 0 Å². The summed E-state index contributed by atoms with van der Waals surface area (Å²) in [7, 11) is 0. The largest absolute Gasteiger partial charge is 0.493 e. The maximum atomic E-state index is 14.1. The predicted octanol–water partition coefficient (Wildman–Crippen LogP) is 4.72. The Morgan fingerprint density at radius 2 is 1.91 bits per heavy atom. The third-order valence-electron chi connectivity index (χ3n) is 3.86. The highest BCUT2D eigenvalue weighted by molar-refractivity contribution is 5.84. The van der Waals surface area contributed by atoms with Gasteiger partial charge in [0, 0.05) is 0 Å². The molecule has 2 aromatic carbocycles.